The summed E-state index contributed by atoms with van der Waals surface area (Å²) in [6.45, 7) is 0.635. The number of aliphatic hydroxyl groups excluding tert-OH is 1. The number of rotatable bonds is 4. The van der Waals surface area contributed by atoms with Crippen LogP contribution in [-0.2, 0) is 10.3 Å². The van der Waals surface area contributed by atoms with Crippen LogP contribution in [0, 0.1) is 17.1 Å². The zero-order valence-corrected chi connectivity index (χ0v) is 14.2. The van der Waals surface area contributed by atoms with Gasteiger partial charge in [0.25, 0.3) is 0 Å². The third kappa shape index (κ3) is 3.39. The first-order chi connectivity index (χ1) is 12.6. The molecule has 0 spiro atoms. The predicted octanol–water partition coefficient (Wildman–Crippen LogP) is 3.17. The van der Waals surface area contributed by atoms with Crippen molar-refractivity contribution in [2.75, 3.05) is 19.7 Å². The molecule has 1 aliphatic heterocycles. The van der Waals surface area contributed by atoms with Crippen molar-refractivity contribution >= 4 is 6.09 Å². The van der Waals surface area contributed by atoms with Crippen LogP contribution < -0.4 is 0 Å². The van der Waals surface area contributed by atoms with Gasteiger partial charge in [0, 0.05) is 24.2 Å². The van der Waals surface area contributed by atoms with Crippen LogP contribution in [0.2, 0.25) is 0 Å². The second kappa shape index (κ2) is 7.54. The van der Waals surface area contributed by atoms with Crippen molar-refractivity contribution in [3.05, 3.63) is 71.0 Å². The lowest BCUT2D eigenvalue weighted by molar-refractivity contribution is -0.0196. The SMILES string of the molecule is N#Cc1ccc([C@@](CO)(OC(=O)N2CCCC2)c2cccc(F)c2)cc1. The molecule has 0 unspecified atom stereocenters. The number of nitrogens with zero attached hydrogens (tertiary/aromatic N) is 2. The number of hydrogen-bond donors (Lipinski definition) is 1. The van der Waals surface area contributed by atoms with Crippen LogP contribution >= 0.6 is 0 Å². The maximum Gasteiger partial charge on any atom is 0.411 e. The number of likely N-dealkylation sites (tertiary alicyclic amines) is 1. The van der Waals surface area contributed by atoms with Crippen LogP contribution in [-0.4, -0.2) is 35.8 Å². The molecule has 0 saturated carbocycles. The average Bonchev–Trinajstić information content (AvgIpc) is 3.21. The van der Waals surface area contributed by atoms with E-state index < -0.39 is 24.1 Å². The summed E-state index contributed by atoms with van der Waals surface area (Å²) in [6, 6.07) is 14.0. The molecule has 0 aliphatic carbocycles. The smallest absolute Gasteiger partial charge is 0.411 e. The van der Waals surface area contributed by atoms with Crippen molar-refractivity contribution in [3.63, 3.8) is 0 Å². The summed E-state index contributed by atoms with van der Waals surface area (Å²) in [5, 5.41) is 19.2. The molecule has 1 saturated heterocycles. The Hall–Kier alpha value is -2.91. The van der Waals surface area contributed by atoms with E-state index in [-0.39, 0.29) is 0 Å². The summed E-state index contributed by atoms with van der Waals surface area (Å²) in [5.41, 5.74) is -0.310. The van der Waals surface area contributed by atoms with Crippen molar-refractivity contribution in [2.45, 2.75) is 18.4 Å². The molecule has 0 bridgehead atoms. The van der Waals surface area contributed by atoms with E-state index in [9.17, 15) is 14.3 Å². The first-order valence-electron chi connectivity index (χ1n) is 8.44. The molecule has 1 fully saturated rings. The molecule has 3 rings (SSSR count). The molecule has 134 valence electrons. The van der Waals surface area contributed by atoms with Crippen molar-refractivity contribution in [3.8, 4) is 6.07 Å². The summed E-state index contributed by atoms with van der Waals surface area (Å²) in [7, 11) is 0. The lowest BCUT2D eigenvalue weighted by Crippen LogP contribution is -2.42. The van der Waals surface area contributed by atoms with Gasteiger partial charge < -0.3 is 14.7 Å². The van der Waals surface area contributed by atoms with E-state index in [2.05, 4.69) is 0 Å². The van der Waals surface area contributed by atoms with E-state index >= 15 is 0 Å². The first-order valence-corrected chi connectivity index (χ1v) is 8.44. The number of aliphatic hydroxyl groups is 1. The van der Waals surface area contributed by atoms with Gasteiger partial charge in [0.2, 0.25) is 0 Å². The van der Waals surface area contributed by atoms with Gasteiger partial charge in [-0.3, -0.25) is 0 Å². The van der Waals surface area contributed by atoms with Crippen LogP contribution in [0.5, 0.6) is 0 Å². The first kappa shape index (κ1) is 17.9. The molecule has 1 amide bonds. The predicted molar refractivity (Wildman–Crippen MR) is 92.7 cm³/mol. The fourth-order valence-electron chi connectivity index (χ4n) is 3.17. The van der Waals surface area contributed by atoms with Crippen LogP contribution in [0.4, 0.5) is 9.18 Å². The molecule has 26 heavy (non-hydrogen) atoms. The van der Waals surface area contributed by atoms with Crippen molar-refractivity contribution in [2.24, 2.45) is 0 Å². The Bertz CT molecular complexity index is 826. The zero-order valence-electron chi connectivity index (χ0n) is 14.2. The van der Waals surface area contributed by atoms with Crippen LogP contribution in [0.1, 0.15) is 29.5 Å². The lowest BCUT2D eigenvalue weighted by Gasteiger charge is -2.34. The fourth-order valence-corrected chi connectivity index (χ4v) is 3.17. The molecule has 1 aliphatic rings. The summed E-state index contributed by atoms with van der Waals surface area (Å²) < 4.78 is 19.6. The van der Waals surface area contributed by atoms with Gasteiger partial charge in [-0.15, -0.1) is 0 Å². The Labute approximate surface area is 151 Å². The molecule has 0 aromatic heterocycles. The summed E-state index contributed by atoms with van der Waals surface area (Å²) in [4.78, 5) is 14.2. The van der Waals surface area contributed by atoms with Crippen LogP contribution in [0.3, 0.4) is 0 Å². The highest BCUT2D eigenvalue weighted by molar-refractivity contribution is 5.69. The number of amides is 1. The molecule has 1 heterocycles. The van der Waals surface area contributed by atoms with Crippen LogP contribution in [0.25, 0.3) is 0 Å². The van der Waals surface area contributed by atoms with E-state index in [0.717, 1.165) is 12.8 Å². The third-order valence-corrected chi connectivity index (χ3v) is 4.62. The number of ether oxygens (including phenoxy) is 1. The van der Waals surface area contributed by atoms with E-state index in [1.165, 1.54) is 18.2 Å². The van der Waals surface area contributed by atoms with Gasteiger partial charge in [-0.05, 0) is 37.1 Å². The normalized spacial score (nSPS) is 16.0. The van der Waals surface area contributed by atoms with Gasteiger partial charge in [-0.1, -0.05) is 24.3 Å². The molecule has 1 N–H and O–H groups in total. The molecule has 1 atom stereocenters. The van der Waals surface area contributed by atoms with Crippen molar-refractivity contribution in [1.82, 2.24) is 4.90 Å². The van der Waals surface area contributed by atoms with Crippen molar-refractivity contribution < 1.29 is 19.0 Å². The quantitative estimate of drug-likeness (QED) is 0.915. The minimum atomic E-state index is -1.55. The molecular formula is C20H19FN2O3. The number of carbonyl (C=O) groups excluding carboxylic acids is 1. The standard InChI is InChI=1S/C20H19FN2O3/c21-18-5-3-4-17(12-18)20(14-24,16-8-6-15(13-22)7-9-16)26-19(25)23-10-1-2-11-23/h3-9,12,24H,1-2,10-11,14H2/t20-/m1/s1. The Morgan fingerprint density at radius 1 is 1.19 bits per heavy atom. The van der Waals surface area contributed by atoms with Crippen molar-refractivity contribution in [1.29, 1.82) is 5.26 Å². The van der Waals surface area contributed by atoms with E-state index in [1.807, 2.05) is 6.07 Å². The molecule has 2 aromatic rings. The second-order valence-corrected chi connectivity index (χ2v) is 6.25. The number of halogens is 1. The maximum absolute atomic E-state index is 13.8. The summed E-state index contributed by atoms with van der Waals surface area (Å²) >= 11 is 0. The van der Waals surface area contributed by atoms with Gasteiger partial charge in [-0.25, -0.2) is 9.18 Å². The fraction of sp³-hybridized carbons (Fsp3) is 0.300. The highest BCUT2D eigenvalue weighted by Gasteiger charge is 2.40. The summed E-state index contributed by atoms with van der Waals surface area (Å²) in [5.74, 6) is -0.494. The van der Waals surface area contributed by atoms with Gasteiger partial charge in [0.1, 0.15) is 5.82 Å². The van der Waals surface area contributed by atoms with Gasteiger partial charge in [0.15, 0.2) is 5.60 Å². The van der Waals surface area contributed by atoms with Gasteiger partial charge >= 0.3 is 6.09 Å². The average molecular weight is 354 g/mol. The van der Waals surface area contributed by atoms with Crippen LogP contribution in [0.15, 0.2) is 48.5 Å². The Morgan fingerprint density at radius 3 is 2.46 bits per heavy atom. The number of carbonyl (C=O) groups is 1. The lowest BCUT2D eigenvalue weighted by atomic mass is 9.86. The number of hydrogen-bond acceptors (Lipinski definition) is 4. The molecule has 6 heteroatoms. The van der Waals surface area contributed by atoms with Gasteiger partial charge in [-0.2, -0.15) is 5.26 Å². The third-order valence-electron chi connectivity index (χ3n) is 4.62. The minimum absolute atomic E-state index is 0.331. The van der Waals surface area contributed by atoms with E-state index in [1.54, 1.807) is 35.2 Å². The molecule has 5 nitrogen and oxygen atoms in total. The van der Waals surface area contributed by atoms with Gasteiger partial charge in [0.05, 0.1) is 18.2 Å². The minimum Gasteiger partial charge on any atom is -0.430 e. The highest BCUT2D eigenvalue weighted by atomic mass is 19.1. The van der Waals surface area contributed by atoms with E-state index in [4.69, 9.17) is 10.00 Å². The van der Waals surface area contributed by atoms with E-state index in [0.29, 0.717) is 29.8 Å². The molecule has 2 aromatic carbocycles. The Kier molecular flexibility index (Phi) is 5.19. The maximum atomic E-state index is 13.8. The monoisotopic (exact) mass is 354 g/mol. The number of benzene rings is 2. The summed E-state index contributed by atoms with van der Waals surface area (Å²) in [6.07, 6.45) is 1.25. The Balaban J connectivity index is 2.06. The molecule has 0 radical (unpaired) electrons. The number of nitriles is 1. The largest absolute Gasteiger partial charge is 0.430 e. The zero-order chi connectivity index (χ0) is 18.6. The Morgan fingerprint density at radius 2 is 1.88 bits per heavy atom. The highest BCUT2D eigenvalue weighted by Crippen LogP contribution is 2.35. The topological polar surface area (TPSA) is 73.6 Å². The second-order valence-electron chi connectivity index (χ2n) is 6.25. The molecular weight excluding hydrogens is 335 g/mol.